The van der Waals surface area contributed by atoms with Gasteiger partial charge in [0.25, 0.3) is 0 Å². The molecule has 0 aliphatic carbocycles. The summed E-state index contributed by atoms with van der Waals surface area (Å²) in [6, 6.07) is 0.280. The highest BCUT2D eigenvalue weighted by Gasteiger charge is 2.39. The van der Waals surface area contributed by atoms with E-state index in [1.165, 1.54) is 0 Å². The highest BCUT2D eigenvalue weighted by atomic mass is 16.5. The zero-order chi connectivity index (χ0) is 14.7. The summed E-state index contributed by atoms with van der Waals surface area (Å²) in [5, 5.41) is 17.0. The third-order valence-electron chi connectivity index (χ3n) is 4.40. The highest BCUT2D eigenvalue weighted by Crippen LogP contribution is 2.38. The maximum absolute atomic E-state index is 10.6. The standard InChI is InChI=1S/C14H21N3O4/c18-13(19)2-1-11-10-17(16-15-11)12-3-6-21-14(9-12)4-7-20-8-5-14/h10,12H,1-9H2,(H,18,19). The first-order valence-corrected chi connectivity index (χ1v) is 7.51. The number of ether oxygens (including phenoxy) is 2. The van der Waals surface area contributed by atoms with Gasteiger partial charge < -0.3 is 14.6 Å². The van der Waals surface area contributed by atoms with Gasteiger partial charge in [0.2, 0.25) is 0 Å². The molecule has 1 aromatic rings. The Labute approximate surface area is 123 Å². The minimum Gasteiger partial charge on any atom is -0.481 e. The van der Waals surface area contributed by atoms with Crippen molar-refractivity contribution in [3.05, 3.63) is 11.9 Å². The summed E-state index contributed by atoms with van der Waals surface area (Å²) in [7, 11) is 0. The molecule has 3 heterocycles. The van der Waals surface area contributed by atoms with Crippen molar-refractivity contribution in [2.45, 2.75) is 50.2 Å². The van der Waals surface area contributed by atoms with Crippen LogP contribution in [0.1, 0.15) is 43.8 Å². The number of hydrogen-bond donors (Lipinski definition) is 1. The number of nitrogens with zero attached hydrogens (tertiary/aromatic N) is 3. The van der Waals surface area contributed by atoms with Gasteiger partial charge in [-0.3, -0.25) is 4.79 Å². The van der Waals surface area contributed by atoms with Crippen LogP contribution in [0.5, 0.6) is 0 Å². The fourth-order valence-electron chi connectivity index (χ4n) is 3.16. The van der Waals surface area contributed by atoms with E-state index in [-0.39, 0.29) is 18.1 Å². The summed E-state index contributed by atoms with van der Waals surface area (Å²) in [5.41, 5.74) is 0.666. The molecule has 1 atom stereocenters. The molecule has 0 saturated carbocycles. The van der Waals surface area contributed by atoms with Crippen LogP contribution in [-0.2, 0) is 20.7 Å². The van der Waals surface area contributed by atoms with E-state index < -0.39 is 5.97 Å². The molecule has 2 fully saturated rings. The van der Waals surface area contributed by atoms with Crippen molar-refractivity contribution in [1.29, 1.82) is 0 Å². The van der Waals surface area contributed by atoms with Gasteiger partial charge in [0.15, 0.2) is 0 Å². The van der Waals surface area contributed by atoms with Gasteiger partial charge >= 0.3 is 5.97 Å². The van der Waals surface area contributed by atoms with Gasteiger partial charge in [0.05, 0.1) is 23.8 Å². The van der Waals surface area contributed by atoms with E-state index in [2.05, 4.69) is 10.3 Å². The maximum Gasteiger partial charge on any atom is 0.303 e. The quantitative estimate of drug-likeness (QED) is 0.898. The Kier molecular flexibility index (Phi) is 4.21. The van der Waals surface area contributed by atoms with E-state index in [9.17, 15) is 4.79 Å². The van der Waals surface area contributed by atoms with Crippen LogP contribution in [0, 0.1) is 0 Å². The molecule has 1 unspecified atom stereocenters. The van der Waals surface area contributed by atoms with E-state index >= 15 is 0 Å². The van der Waals surface area contributed by atoms with Gasteiger partial charge in [-0.25, -0.2) is 4.68 Å². The minimum atomic E-state index is -0.809. The number of aliphatic carboxylic acids is 1. The molecule has 1 aromatic heterocycles. The van der Waals surface area contributed by atoms with Gasteiger partial charge in [-0.15, -0.1) is 5.10 Å². The molecule has 1 N–H and O–H groups in total. The Hall–Kier alpha value is -1.47. The first-order valence-electron chi connectivity index (χ1n) is 7.51. The van der Waals surface area contributed by atoms with Crippen LogP contribution in [0.3, 0.4) is 0 Å². The minimum absolute atomic E-state index is 0.0751. The number of rotatable bonds is 4. The first-order chi connectivity index (χ1) is 10.2. The van der Waals surface area contributed by atoms with Crippen molar-refractivity contribution in [2.24, 2.45) is 0 Å². The van der Waals surface area contributed by atoms with E-state index in [4.69, 9.17) is 14.6 Å². The van der Waals surface area contributed by atoms with E-state index in [1.807, 2.05) is 10.9 Å². The van der Waals surface area contributed by atoms with E-state index in [0.29, 0.717) is 6.42 Å². The molecule has 116 valence electrons. The van der Waals surface area contributed by atoms with E-state index in [1.54, 1.807) is 0 Å². The second kappa shape index (κ2) is 6.11. The molecule has 1 spiro atoms. The largest absolute Gasteiger partial charge is 0.481 e. The zero-order valence-electron chi connectivity index (χ0n) is 12.0. The highest BCUT2D eigenvalue weighted by molar-refractivity contribution is 5.66. The fraction of sp³-hybridized carbons (Fsp3) is 0.786. The van der Waals surface area contributed by atoms with Crippen LogP contribution in [-0.4, -0.2) is 51.5 Å². The molecule has 0 amide bonds. The fourth-order valence-corrected chi connectivity index (χ4v) is 3.16. The Morgan fingerprint density at radius 2 is 2.24 bits per heavy atom. The lowest BCUT2D eigenvalue weighted by Gasteiger charge is -2.43. The summed E-state index contributed by atoms with van der Waals surface area (Å²) in [6.07, 6.45) is 6.12. The predicted octanol–water partition coefficient (Wildman–Crippen LogP) is 1.20. The van der Waals surface area contributed by atoms with E-state index in [0.717, 1.165) is 51.2 Å². The second-order valence-electron chi connectivity index (χ2n) is 5.87. The number of aryl methyl sites for hydroxylation is 1. The van der Waals surface area contributed by atoms with Crippen molar-refractivity contribution in [1.82, 2.24) is 15.0 Å². The van der Waals surface area contributed by atoms with Crippen molar-refractivity contribution in [2.75, 3.05) is 19.8 Å². The molecule has 21 heavy (non-hydrogen) atoms. The summed E-state index contributed by atoms with van der Waals surface area (Å²) in [5.74, 6) is -0.809. The van der Waals surface area contributed by atoms with Crippen LogP contribution in [0.15, 0.2) is 6.20 Å². The molecular formula is C14H21N3O4. The monoisotopic (exact) mass is 295 g/mol. The summed E-state index contributed by atoms with van der Waals surface area (Å²) in [6.45, 7) is 2.25. The lowest BCUT2D eigenvalue weighted by Crippen LogP contribution is -2.44. The van der Waals surface area contributed by atoms with Crippen molar-refractivity contribution >= 4 is 5.97 Å². The molecule has 2 saturated heterocycles. The van der Waals surface area contributed by atoms with Crippen LogP contribution < -0.4 is 0 Å². The molecule has 0 aromatic carbocycles. The van der Waals surface area contributed by atoms with Crippen LogP contribution in [0.4, 0.5) is 0 Å². The van der Waals surface area contributed by atoms with Crippen molar-refractivity contribution < 1.29 is 19.4 Å². The third-order valence-corrected chi connectivity index (χ3v) is 4.40. The second-order valence-corrected chi connectivity index (χ2v) is 5.87. The molecular weight excluding hydrogens is 274 g/mol. The molecule has 3 rings (SSSR count). The molecule has 0 bridgehead atoms. The molecule has 7 heteroatoms. The van der Waals surface area contributed by atoms with Crippen molar-refractivity contribution in [3.8, 4) is 0 Å². The number of aromatic nitrogens is 3. The third kappa shape index (κ3) is 3.41. The number of carboxylic acid groups (broad SMARTS) is 1. The lowest BCUT2D eigenvalue weighted by atomic mass is 9.84. The Morgan fingerprint density at radius 1 is 1.43 bits per heavy atom. The molecule has 7 nitrogen and oxygen atoms in total. The Bertz CT molecular complexity index is 491. The number of carbonyl (C=O) groups is 1. The van der Waals surface area contributed by atoms with Gasteiger partial charge in [-0.05, 0) is 25.7 Å². The topological polar surface area (TPSA) is 86.5 Å². The molecule has 2 aliphatic rings. The average molecular weight is 295 g/mol. The number of hydrogen-bond acceptors (Lipinski definition) is 5. The Balaban J connectivity index is 1.64. The van der Waals surface area contributed by atoms with Crippen molar-refractivity contribution in [3.63, 3.8) is 0 Å². The number of carboxylic acids is 1. The predicted molar refractivity (Wildman–Crippen MR) is 73.0 cm³/mol. The SMILES string of the molecule is O=C(O)CCc1cn(C2CCOC3(CCOCC3)C2)nn1. The normalized spacial score (nSPS) is 25.0. The van der Waals surface area contributed by atoms with Gasteiger partial charge in [-0.2, -0.15) is 0 Å². The summed E-state index contributed by atoms with van der Waals surface area (Å²) < 4.78 is 13.3. The molecule has 2 aliphatic heterocycles. The maximum atomic E-state index is 10.6. The van der Waals surface area contributed by atoms with Crippen LogP contribution in [0.25, 0.3) is 0 Å². The van der Waals surface area contributed by atoms with Gasteiger partial charge in [0.1, 0.15) is 0 Å². The molecule has 0 radical (unpaired) electrons. The lowest BCUT2D eigenvalue weighted by molar-refractivity contribution is -0.145. The average Bonchev–Trinajstić information content (AvgIpc) is 2.95. The Morgan fingerprint density at radius 3 is 3.00 bits per heavy atom. The summed E-state index contributed by atoms with van der Waals surface area (Å²) in [4.78, 5) is 10.6. The smallest absolute Gasteiger partial charge is 0.303 e. The zero-order valence-corrected chi connectivity index (χ0v) is 12.0. The van der Waals surface area contributed by atoms with Gasteiger partial charge in [0, 0.05) is 32.4 Å². The van der Waals surface area contributed by atoms with Gasteiger partial charge in [-0.1, -0.05) is 5.21 Å². The summed E-state index contributed by atoms with van der Waals surface area (Å²) >= 11 is 0. The first kappa shape index (κ1) is 14.5. The van der Waals surface area contributed by atoms with Crippen LogP contribution >= 0.6 is 0 Å². The van der Waals surface area contributed by atoms with Crippen LogP contribution in [0.2, 0.25) is 0 Å².